The standard InChI is InChI=1S/C17H27N3O2S/c1-14-18-15(13-23-14)12-20-16(21)4-6-17(20)5-3-8-19(9-7-17)10-11-22-2/h13H,3-12H2,1-2H3/t17-/m1/s1. The van der Waals surface area contributed by atoms with E-state index < -0.39 is 0 Å². The molecule has 23 heavy (non-hydrogen) atoms. The maximum atomic E-state index is 12.5. The molecule has 0 saturated carbocycles. The molecule has 0 bridgehead atoms. The number of aromatic nitrogens is 1. The van der Waals surface area contributed by atoms with E-state index in [-0.39, 0.29) is 5.54 Å². The van der Waals surface area contributed by atoms with Crippen molar-refractivity contribution in [2.45, 2.75) is 51.1 Å². The number of hydrogen-bond donors (Lipinski definition) is 0. The lowest BCUT2D eigenvalue weighted by atomic mass is 9.87. The smallest absolute Gasteiger partial charge is 0.223 e. The third kappa shape index (κ3) is 3.75. The first-order valence-corrected chi connectivity index (χ1v) is 9.44. The third-order valence-electron chi connectivity index (χ3n) is 5.29. The van der Waals surface area contributed by atoms with E-state index in [2.05, 4.69) is 20.2 Å². The van der Waals surface area contributed by atoms with Crippen LogP contribution in [0.25, 0.3) is 0 Å². The molecule has 5 nitrogen and oxygen atoms in total. The van der Waals surface area contributed by atoms with Crippen molar-refractivity contribution >= 4 is 17.2 Å². The first-order valence-electron chi connectivity index (χ1n) is 8.56. The maximum Gasteiger partial charge on any atom is 0.223 e. The number of nitrogens with zero attached hydrogens (tertiary/aromatic N) is 3. The van der Waals surface area contributed by atoms with E-state index in [0.717, 1.165) is 62.6 Å². The summed E-state index contributed by atoms with van der Waals surface area (Å²) in [7, 11) is 1.76. The van der Waals surface area contributed by atoms with Gasteiger partial charge in [-0.25, -0.2) is 4.98 Å². The second kappa shape index (κ2) is 7.28. The number of rotatable bonds is 5. The van der Waals surface area contributed by atoms with E-state index in [1.165, 1.54) is 0 Å². The fourth-order valence-corrected chi connectivity index (χ4v) is 4.58. The summed E-state index contributed by atoms with van der Waals surface area (Å²) in [5.74, 6) is 0.306. The van der Waals surface area contributed by atoms with Gasteiger partial charge in [0.15, 0.2) is 0 Å². The molecule has 1 aromatic heterocycles. The van der Waals surface area contributed by atoms with Crippen molar-refractivity contribution < 1.29 is 9.53 Å². The van der Waals surface area contributed by atoms with Crippen LogP contribution in [0, 0.1) is 6.92 Å². The molecule has 1 spiro atoms. The summed E-state index contributed by atoms with van der Waals surface area (Å²) >= 11 is 1.67. The lowest BCUT2D eigenvalue weighted by molar-refractivity contribution is -0.132. The van der Waals surface area contributed by atoms with Crippen molar-refractivity contribution in [2.24, 2.45) is 0 Å². The lowest BCUT2D eigenvalue weighted by Gasteiger charge is -2.38. The van der Waals surface area contributed by atoms with Gasteiger partial charge in [-0.2, -0.15) is 0 Å². The van der Waals surface area contributed by atoms with Crippen LogP contribution in [0.15, 0.2) is 5.38 Å². The van der Waals surface area contributed by atoms with Crippen LogP contribution in [0.3, 0.4) is 0 Å². The SMILES string of the molecule is COCCN1CCC[C@@]2(CCC(=O)N2Cc2csc(C)n2)CC1. The van der Waals surface area contributed by atoms with Crippen LogP contribution in [0.4, 0.5) is 0 Å². The van der Waals surface area contributed by atoms with E-state index in [9.17, 15) is 4.79 Å². The van der Waals surface area contributed by atoms with Gasteiger partial charge < -0.3 is 14.5 Å². The fraction of sp³-hybridized carbons (Fsp3) is 0.765. The minimum atomic E-state index is 0.0520. The van der Waals surface area contributed by atoms with Crippen LogP contribution in [0.1, 0.15) is 42.8 Å². The molecule has 0 aromatic carbocycles. The van der Waals surface area contributed by atoms with Crippen molar-refractivity contribution in [2.75, 3.05) is 33.4 Å². The Balaban J connectivity index is 1.69. The van der Waals surface area contributed by atoms with Crippen LogP contribution in [-0.2, 0) is 16.1 Å². The summed E-state index contributed by atoms with van der Waals surface area (Å²) in [4.78, 5) is 21.7. The second-order valence-corrected chi connectivity index (χ2v) is 7.81. The lowest BCUT2D eigenvalue weighted by Crippen LogP contribution is -2.46. The molecule has 0 aliphatic carbocycles. The molecule has 3 rings (SSSR count). The number of carbonyl (C=O) groups is 1. The molecule has 1 atom stereocenters. The van der Waals surface area contributed by atoms with Gasteiger partial charge in [0, 0.05) is 37.5 Å². The van der Waals surface area contributed by atoms with E-state index >= 15 is 0 Å². The van der Waals surface area contributed by atoms with Gasteiger partial charge in [-0.05, 0) is 39.2 Å². The van der Waals surface area contributed by atoms with Crippen LogP contribution < -0.4 is 0 Å². The summed E-state index contributed by atoms with van der Waals surface area (Å²) in [5, 5.41) is 3.17. The van der Waals surface area contributed by atoms with Gasteiger partial charge in [0.1, 0.15) is 0 Å². The fourth-order valence-electron chi connectivity index (χ4n) is 3.97. The number of likely N-dealkylation sites (tertiary alicyclic amines) is 2. The van der Waals surface area contributed by atoms with Crippen LogP contribution in [0.2, 0.25) is 0 Å². The number of methoxy groups -OCH3 is 1. The maximum absolute atomic E-state index is 12.5. The molecule has 0 radical (unpaired) electrons. The highest BCUT2D eigenvalue weighted by Crippen LogP contribution is 2.40. The molecule has 2 aliphatic rings. The molecule has 2 saturated heterocycles. The van der Waals surface area contributed by atoms with Crippen molar-refractivity contribution in [1.82, 2.24) is 14.8 Å². The first-order chi connectivity index (χ1) is 11.1. The van der Waals surface area contributed by atoms with E-state index in [0.29, 0.717) is 18.9 Å². The Morgan fingerprint density at radius 3 is 2.96 bits per heavy atom. The zero-order chi connectivity index (χ0) is 16.3. The molecule has 1 aromatic rings. The van der Waals surface area contributed by atoms with Crippen molar-refractivity contribution in [3.8, 4) is 0 Å². The summed E-state index contributed by atoms with van der Waals surface area (Å²) in [5.41, 5.74) is 1.10. The average molecular weight is 337 g/mol. The zero-order valence-electron chi connectivity index (χ0n) is 14.2. The van der Waals surface area contributed by atoms with Crippen LogP contribution in [-0.4, -0.2) is 59.6 Å². The van der Waals surface area contributed by atoms with E-state index in [4.69, 9.17) is 4.74 Å². The van der Waals surface area contributed by atoms with Gasteiger partial charge in [0.2, 0.25) is 5.91 Å². The molecule has 0 N–H and O–H groups in total. The number of aryl methyl sites for hydroxylation is 1. The molecule has 2 fully saturated rings. The summed E-state index contributed by atoms with van der Waals surface area (Å²) < 4.78 is 5.21. The first kappa shape index (κ1) is 16.9. The molecular weight excluding hydrogens is 310 g/mol. The number of carbonyl (C=O) groups excluding carboxylic acids is 1. The monoisotopic (exact) mass is 337 g/mol. The van der Waals surface area contributed by atoms with Crippen LogP contribution in [0.5, 0.6) is 0 Å². The van der Waals surface area contributed by atoms with E-state index in [1.54, 1.807) is 18.4 Å². The van der Waals surface area contributed by atoms with Crippen molar-refractivity contribution in [3.05, 3.63) is 16.1 Å². The molecule has 1 amide bonds. The normalized spacial score (nSPS) is 26.2. The zero-order valence-corrected chi connectivity index (χ0v) is 15.0. The minimum absolute atomic E-state index is 0.0520. The van der Waals surface area contributed by atoms with Gasteiger partial charge >= 0.3 is 0 Å². The third-order valence-corrected chi connectivity index (χ3v) is 6.11. The minimum Gasteiger partial charge on any atom is -0.383 e. The number of thiazole rings is 1. The molecule has 2 aliphatic heterocycles. The highest BCUT2D eigenvalue weighted by Gasteiger charge is 2.45. The topological polar surface area (TPSA) is 45.7 Å². The highest BCUT2D eigenvalue weighted by molar-refractivity contribution is 7.09. The number of ether oxygens (including phenoxy) is 1. The van der Waals surface area contributed by atoms with Gasteiger partial charge in [-0.15, -0.1) is 11.3 Å². The average Bonchev–Trinajstić information content (AvgIpc) is 3.00. The van der Waals surface area contributed by atoms with Gasteiger partial charge in [-0.3, -0.25) is 4.79 Å². The Morgan fingerprint density at radius 2 is 2.22 bits per heavy atom. The van der Waals surface area contributed by atoms with Gasteiger partial charge in [0.05, 0.1) is 23.9 Å². The van der Waals surface area contributed by atoms with Crippen molar-refractivity contribution in [1.29, 1.82) is 0 Å². The Hall–Kier alpha value is -0.980. The summed E-state index contributed by atoms with van der Waals surface area (Å²) in [6, 6.07) is 0. The molecule has 3 heterocycles. The quantitative estimate of drug-likeness (QED) is 0.828. The number of hydrogen-bond acceptors (Lipinski definition) is 5. The van der Waals surface area contributed by atoms with Gasteiger partial charge in [-0.1, -0.05) is 0 Å². The number of amides is 1. The predicted octanol–water partition coefficient (Wildman–Crippen LogP) is 2.45. The van der Waals surface area contributed by atoms with Crippen LogP contribution >= 0.6 is 11.3 Å². The van der Waals surface area contributed by atoms with Gasteiger partial charge in [0.25, 0.3) is 0 Å². The summed E-state index contributed by atoms with van der Waals surface area (Å²) in [6.07, 6.45) is 5.05. The molecule has 6 heteroatoms. The van der Waals surface area contributed by atoms with E-state index in [1.807, 2.05) is 6.92 Å². The highest BCUT2D eigenvalue weighted by atomic mass is 32.1. The Bertz CT molecular complexity index is 548. The molecular formula is C17H27N3O2S. The second-order valence-electron chi connectivity index (χ2n) is 6.75. The Morgan fingerprint density at radius 1 is 1.35 bits per heavy atom. The Kier molecular flexibility index (Phi) is 5.34. The largest absolute Gasteiger partial charge is 0.383 e. The molecule has 128 valence electrons. The molecule has 0 unspecified atom stereocenters. The van der Waals surface area contributed by atoms with Crippen molar-refractivity contribution in [3.63, 3.8) is 0 Å². The summed E-state index contributed by atoms with van der Waals surface area (Å²) in [6.45, 7) is 6.65. The predicted molar refractivity (Wildman–Crippen MR) is 91.5 cm³/mol. The Labute approximate surface area is 142 Å².